The maximum atomic E-state index is 6.16. The molecule has 1 aromatic heterocycles. The van der Waals surface area contributed by atoms with Crippen LogP contribution in [0, 0.1) is 0 Å². The van der Waals surface area contributed by atoms with E-state index in [-0.39, 0.29) is 24.0 Å². The molecule has 0 saturated carbocycles. The third-order valence-electron chi connectivity index (χ3n) is 6.69. The number of aromatic nitrogens is 1. The second kappa shape index (κ2) is 13.5. The maximum absolute atomic E-state index is 6.16. The smallest absolute Gasteiger partial charge is 0.193 e. The molecule has 0 aromatic carbocycles. The molecule has 0 bridgehead atoms. The summed E-state index contributed by atoms with van der Waals surface area (Å²) >= 11 is 0. The minimum atomic E-state index is 0. The van der Waals surface area contributed by atoms with Gasteiger partial charge in [-0.05, 0) is 69.1 Å². The van der Waals surface area contributed by atoms with E-state index in [9.17, 15) is 0 Å². The van der Waals surface area contributed by atoms with Crippen molar-refractivity contribution in [3.05, 3.63) is 23.9 Å². The van der Waals surface area contributed by atoms with Crippen molar-refractivity contribution in [2.24, 2.45) is 4.99 Å². The predicted octanol–water partition coefficient (Wildman–Crippen LogP) is 3.82. The molecular weight excluding hydrogens is 517 g/mol. The number of guanidine groups is 1. The molecule has 0 aliphatic carbocycles. The summed E-state index contributed by atoms with van der Waals surface area (Å²) in [7, 11) is 1.87. The molecule has 0 radical (unpaired) electrons. The Hall–Kier alpha value is -1.13. The first-order valence-corrected chi connectivity index (χ1v) is 12.2. The van der Waals surface area contributed by atoms with Crippen molar-refractivity contribution in [3.63, 3.8) is 0 Å². The van der Waals surface area contributed by atoms with Crippen LogP contribution in [0.4, 0.5) is 5.82 Å². The van der Waals surface area contributed by atoms with E-state index in [1.165, 1.54) is 37.7 Å². The Balaban J connectivity index is 0.00000289. The van der Waals surface area contributed by atoms with Crippen LogP contribution in [0.15, 0.2) is 23.3 Å². The highest BCUT2D eigenvalue weighted by atomic mass is 127. The lowest BCUT2D eigenvalue weighted by Gasteiger charge is -2.35. The summed E-state index contributed by atoms with van der Waals surface area (Å²) in [5, 5.41) is 3.55. The summed E-state index contributed by atoms with van der Waals surface area (Å²) in [5.74, 6) is 2.08. The van der Waals surface area contributed by atoms with E-state index in [2.05, 4.69) is 37.2 Å². The average molecular weight is 558 g/mol. The van der Waals surface area contributed by atoms with Crippen molar-refractivity contribution in [1.29, 1.82) is 0 Å². The number of anilines is 1. The standard InChI is InChI=1S/C24H39N5O2.HI/c1-25-24(27-18-20-8-11-26-23(17-20)28-12-4-2-5-13-28)29-14-9-21(10-15-29)31-19-22-7-3-6-16-30-22;/h8,11,17,21-22H,2-7,9-10,12-16,18-19H2,1H3,(H,25,27);1H. The summed E-state index contributed by atoms with van der Waals surface area (Å²) in [6, 6.07) is 4.32. The van der Waals surface area contributed by atoms with Crippen LogP contribution in [0.5, 0.6) is 0 Å². The summed E-state index contributed by atoms with van der Waals surface area (Å²) in [6.45, 7) is 6.61. The van der Waals surface area contributed by atoms with Crippen molar-refractivity contribution in [3.8, 4) is 0 Å². The van der Waals surface area contributed by atoms with E-state index in [0.717, 1.165) is 77.0 Å². The van der Waals surface area contributed by atoms with Crippen LogP contribution in [0.3, 0.4) is 0 Å². The lowest BCUT2D eigenvalue weighted by Crippen LogP contribution is -2.47. The van der Waals surface area contributed by atoms with Crippen molar-refractivity contribution in [1.82, 2.24) is 15.2 Å². The predicted molar refractivity (Wildman–Crippen MR) is 140 cm³/mol. The summed E-state index contributed by atoms with van der Waals surface area (Å²) in [5.41, 5.74) is 1.25. The van der Waals surface area contributed by atoms with Crippen molar-refractivity contribution < 1.29 is 9.47 Å². The molecule has 0 spiro atoms. The van der Waals surface area contributed by atoms with Crippen molar-refractivity contribution in [2.45, 2.75) is 70.1 Å². The van der Waals surface area contributed by atoms with E-state index < -0.39 is 0 Å². The first-order chi connectivity index (χ1) is 15.3. The number of ether oxygens (including phenoxy) is 2. The van der Waals surface area contributed by atoms with E-state index in [1.54, 1.807) is 0 Å². The van der Waals surface area contributed by atoms with Crippen LogP contribution in [-0.4, -0.2) is 74.5 Å². The molecule has 32 heavy (non-hydrogen) atoms. The van der Waals surface area contributed by atoms with E-state index >= 15 is 0 Å². The molecule has 4 rings (SSSR count). The summed E-state index contributed by atoms with van der Waals surface area (Å²) < 4.78 is 12.0. The molecule has 1 unspecified atom stereocenters. The highest BCUT2D eigenvalue weighted by molar-refractivity contribution is 14.0. The number of halogens is 1. The first kappa shape index (κ1) is 25.5. The lowest BCUT2D eigenvalue weighted by atomic mass is 10.1. The average Bonchev–Trinajstić information content (AvgIpc) is 2.85. The number of likely N-dealkylation sites (tertiary alicyclic amines) is 1. The maximum Gasteiger partial charge on any atom is 0.193 e. The van der Waals surface area contributed by atoms with Gasteiger partial charge in [-0.25, -0.2) is 4.98 Å². The lowest BCUT2D eigenvalue weighted by molar-refractivity contribution is -0.0721. The fraction of sp³-hybridized carbons (Fsp3) is 0.750. The highest BCUT2D eigenvalue weighted by Crippen LogP contribution is 2.20. The fourth-order valence-corrected chi connectivity index (χ4v) is 4.80. The van der Waals surface area contributed by atoms with Gasteiger partial charge >= 0.3 is 0 Å². The quantitative estimate of drug-likeness (QED) is 0.326. The molecule has 3 aliphatic heterocycles. The molecule has 1 atom stereocenters. The third-order valence-corrected chi connectivity index (χ3v) is 6.69. The molecule has 1 N–H and O–H groups in total. The minimum absolute atomic E-state index is 0. The molecule has 8 heteroatoms. The van der Waals surface area contributed by atoms with Gasteiger partial charge in [-0.3, -0.25) is 4.99 Å². The Morgan fingerprint density at radius 2 is 1.94 bits per heavy atom. The van der Waals surface area contributed by atoms with Crippen LogP contribution in [0.1, 0.15) is 56.9 Å². The molecular formula is C24H40IN5O2. The zero-order valence-corrected chi connectivity index (χ0v) is 21.8. The third kappa shape index (κ3) is 7.45. The fourth-order valence-electron chi connectivity index (χ4n) is 4.80. The normalized spacial score (nSPS) is 23.0. The van der Waals surface area contributed by atoms with Gasteiger partial charge in [0.2, 0.25) is 0 Å². The van der Waals surface area contributed by atoms with Crippen LogP contribution < -0.4 is 10.2 Å². The number of aliphatic imine (C=N–C) groups is 1. The van der Waals surface area contributed by atoms with Gasteiger partial charge in [0.1, 0.15) is 5.82 Å². The van der Waals surface area contributed by atoms with Crippen LogP contribution in [-0.2, 0) is 16.0 Å². The van der Waals surface area contributed by atoms with Crippen molar-refractivity contribution >= 4 is 35.8 Å². The summed E-state index contributed by atoms with van der Waals surface area (Å²) in [4.78, 5) is 13.9. The Labute approximate surface area is 210 Å². The number of nitrogens with zero attached hydrogens (tertiary/aromatic N) is 4. The topological polar surface area (TPSA) is 62.2 Å². The van der Waals surface area contributed by atoms with Gasteiger partial charge in [0.15, 0.2) is 5.96 Å². The SMILES string of the molecule is CN=C(NCc1ccnc(N2CCCCC2)c1)N1CCC(OCC2CCCCO2)CC1.I. The molecule has 1 aromatic rings. The number of rotatable bonds is 6. The zero-order chi connectivity index (χ0) is 21.3. The molecule has 180 valence electrons. The number of nitrogens with one attached hydrogen (secondary N) is 1. The van der Waals surface area contributed by atoms with Crippen LogP contribution >= 0.6 is 24.0 Å². The van der Waals surface area contributed by atoms with Crippen LogP contribution in [0.25, 0.3) is 0 Å². The molecule has 3 aliphatic rings. The van der Waals surface area contributed by atoms with Gasteiger partial charge in [-0.15, -0.1) is 24.0 Å². The van der Waals surface area contributed by atoms with E-state index in [1.807, 2.05) is 13.2 Å². The highest BCUT2D eigenvalue weighted by Gasteiger charge is 2.24. The molecule has 0 amide bonds. The number of pyridine rings is 1. The minimum Gasteiger partial charge on any atom is -0.376 e. The van der Waals surface area contributed by atoms with Gasteiger partial charge in [0.05, 0.1) is 18.8 Å². The molecule has 4 heterocycles. The van der Waals surface area contributed by atoms with Gasteiger partial charge in [-0.2, -0.15) is 0 Å². The molecule has 3 saturated heterocycles. The van der Waals surface area contributed by atoms with Crippen LogP contribution in [0.2, 0.25) is 0 Å². The number of piperidine rings is 2. The Morgan fingerprint density at radius 3 is 2.66 bits per heavy atom. The monoisotopic (exact) mass is 557 g/mol. The Kier molecular flexibility index (Phi) is 10.8. The Morgan fingerprint density at radius 1 is 1.12 bits per heavy atom. The number of hydrogen-bond donors (Lipinski definition) is 1. The van der Waals surface area contributed by atoms with Gasteiger partial charge < -0.3 is 24.6 Å². The van der Waals surface area contributed by atoms with Gasteiger partial charge in [0, 0.05) is 52.6 Å². The summed E-state index contributed by atoms with van der Waals surface area (Å²) in [6.07, 6.45) is 12.1. The molecule has 7 nitrogen and oxygen atoms in total. The van der Waals surface area contributed by atoms with Gasteiger partial charge in [0.25, 0.3) is 0 Å². The molecule has 3 fully saturated rings. The van der Waals surface area contributed by atoms with Crippen molar-refractivity contribution in [2.75, 3.05) is 51.3 Å². The zero-order valence-electron chi connectivity index (χ0n) is 19.5. The largest absolute Gasteiger partial charge is 0.376 e. The number of hydrogen-bond acceptors (Lipinski definition) is 5. The Bertz CT molecular complexity index is 699. The van der Waals surface area contributed by atoms with Gasteiger partial charge in [-0.1, -0.05) is 0 Å². The van der Waals surface area contributed by atoms with E-state index in [0.29, 0.717) is 12.2 Å². The van der Waals surface area contributed by atoms with E-state index in [4.69, 9.17) is 9.47 Å². The first-order valence-electron chi connectivity index (χ1n) is 12.2. The second-order valence-electron chi connectivity index (χ2n) is 8.98. The second-order valence-corrected chi connectivity index (χ2v) is 8.98.